The molecule has 0 N–H and O–H groups in total. The molecule has 5 nitrogen and oxygen atoms in total. The van der Waals surface area contributed by atoms with Gasteiger partial charge in [0.05, 0.1) is 22.7 Å². The zero-order valence-electron chi connectivity index (χ0n) is 34.2. The molecule has 7 aromatic carbocycles. The van der Waals surface area contributed by atoms with E-state index in [0.717, 1.165) is 66.0 Å². The molecular formula is C54H40N4OPt. The van der Waals surface area contributed by atoms with Crippen molar-refractivity contribution in [3.63, 3.8) is 0 Å². The topological polar surface area (TPSA) is 43.8 Å². The number of ether oxygens (including phenoxy) is 1. The summed E-state index contributed by atoms with van der Waals surface area (Å²) in [6.07, 6.45) is 4.01. The Morgan fingerprint density at radius 3 is 1.38 bits per heavy atom. The summed E-state index contributed by atoms with van der Waals surface area (Å²) in [5.74, 6) is 1.19. The number of fused-ring (bicyclic) bond motifs is 12. The van der Waals surface area contributed by atoms with Crippen LogP contribution in [0.4, 0.5) is 0 Å². The van der Waals surface area contributed by atoms with Crippen LogP contribution in [-0.4, -0.2) is 18.8 Å². The molecule has 0 aliphatic carbocycles. The molecule has 0 saturated heterocycles. The van der Waals surface area contributed by atoms with Crippen molar-refractivity contribution in [2.45, 2.75) is 41.5 Å². The van der Waals surface area contributed by atoms with Crippen molar-refractivity contribution in [3.8, 4) is 45.1 Å². The molecule has 11 rings (SSSR count). The summed E-state index contributed by atoms with van der Waals surface area (Å²) < 4.78 is 11.3. The minimum Gasteiger partial charge on any atom is -0.497 e. The fourth-order valence-corrected chi connectivity index (χ4v) is 9.59. The molecule has 4 heterocycles. The van der Waals surface area contributed by atoms with Gasteiger partial charge in [0.15, 0.2) is 0 Å². The number of rotatable bonds is 5. The predicted octanol–water partition coefficient (Wildman–Crippen LogP) is 13.8. The van der Waals surface area contributed by atoms with Gasteiger partial charge in [0.2, 0.25) is 0 Å². The Kier molecular flexibility index (Phi) is 9.00. The van der Waals surface area contributed by atoms with E-state index in [-0.39, 0.29) is 21.1 Å². The van der Waals surface area contributed by atoms with Crippen molar-refractivity contribution in [3.05, 3.63) is 179 Å². The second kappa shape index (κ2) is 14.3. The first-order valence-electron chi connectivity index (χ1n) is 20.2. The summed E-state index contributed by atoms with van der Waals surface area (Å²) in [6, 6.07) is 50.4. The van der Waals surface area contributed by atoms with Crippen molar-refractivity contribution in [2.75, 3.05) is 0 Å². The van der Waals surface area contributed by atoms with E-state index in [4.69, 9.17) is 14.7 Å². The third-order valence-electron chi connectivity index (χ3n) is 12.2. The Morgan fingerprint density at radius 2 is 0.867 bits per heavy atom. The van der Waals surface area contributed by atoms with E-state index in [1.807, 2.05) is 24.5 Å². The number of para-hydroxylation sites is 1. The molecule has 0 fully saturated rings. The molecule has 0 amide bonds. The van der Waals surface area contributed by atoms with Gasteiger partial charge in [-0.25, -0.2) is 0 Å². The molecule has 0 bridgehead atoms. The molecule has 292 valence electrons. The monoisotopic (exact) mass is 955 g/mol. The second-order valence-electron chi connectivity index (χ2n) is 16.0. The number of benzene rings is 7. The second-order valence-corrected chi connectivity index (χ2v) is 16.0. The molecule has 11 aromatic rings. The predicted molar refractivity (Wildman–Crippen MR) is 243 cm³/mol. The summed E-state index contributed by atoms with van der Waals surface area (Å²) in [6.45, 7) is 13.1. The molecule has 0 radical (unpaired) electrons. The van der Waals surface area contributed by atoms with Crippen LogP contribution in [0.3, 0.4) is 0 Å². The van der Waals surface area contributed by atoms with E-state index >= 15 is 0 Å². The van der Waals surface area contributed by atoms with Crippen LogP contribution in [0.25, 0.3) is 88.3 Å². The Balaban J connectivity index is 0.00000433. The van der Waals surface area contributed by atoms with Crippen LogP contribution >= 0.6 is 0 Å². The number of nitrogens with zero attached hydrogens (tertiary/aromatic N) is 4. The standard InChI is InChI=1S/C54H40N4O.Pt/c1-31-12-9-13-32(2)50(31)37-20-23-43-41-25-22-39(28-45(41)54-56-30-49(58(54)47(43)26-37)52-35(5)16-11-17-36(52)6)59-38-21-24-40-42-18-7-8-19-46(42)57-48(29-55-53(57)44(40)27-38)51-33(3)14-10-15-34(51)4;/h7-26,29-30H,1-6H3;/q-2;+2. The first-order valence-corrected chi connectivity index (χ1v) is 20.2. The maximum atomic E-state index is 6.69. The van der Waals surface area contributed by atoms with E-state index in [0.29, 0.717) is 11.5 Å². The SMILES string of the molecule is Cc1cccc(C)c1-c1ccc2c3ccc(Oc4[c-]c5c(cc4)c4ccccc4n4c(-c6c(C)cccc6C)cnc54)[c-]c3c3ncc(-c4c(C)cccc4C)n3c2c1.[Pt+2]. The minimum absolute atomic E-state index is 0. The van der Waals surface area contributed by atoms with Gasteiger partial charge in [-0.1, -0.05) is 131 Å². The van der Waals surface area contributed by atoms with Crippen LogP contribution in [0.1, 0.15) is 33.4 Å². The zero-order chi connectivity index (χ0) is 40.1. The van der Waals surface area contributed by atoms with Gasteiger partial charge in [0.25, 0.3) is 0 Å². The van der Waals surface area contributed by atoms with Gasteiger partial charge in [0, 0.05) is 46.1 Å². The van der Waals surface area contributed by atoms with Gasteiger partial charge in [-0.05, 0) is 109 Å². The van der Waals surface area contributed by atoms with Gasteiger partial charge >= 0.3 is 21.1 Å². The summed E-state index contributed by atoms with van der Waals surface area (Å²) in [5, 5.41) is 6.20. The molecule has 4 aromatic heterocycles. The molecule has 0 unspecified atom stereocenters. The van der Waals surface area contributed by atoms with Crippen molar-refractivity contribution < 1.29 is 25.8 Å². The first kappa shape index (κ1) is 37.7. The maximum absolute atomic E-state index is 6.69. The van der Waals surface area contributed by atoms with Gasteiger partial charge in [-0.3, -0.25) is 9.97 Å². The molecule has 60 heavy (non-hydrogen) atoms. The van der Waals surface area contributed by atoms with Crippen molar-refractivity contribution in [1.29, 1.82) is 0 Å². The summed E-state index contributed by atoms with van der Waals surface area (Å²) in [5.41, 5.74) is 18.2. The Labute approximate surface area is 363 Å². The quantitative estimate of drug-likeness (QED) is 0.128. The van der Waals surface area contributed by atoms with E-state index < -0.39 is 0 Å². The molecule has 0 saturated carbocycles. The number of aromatic nitrogens is 4. The van der Waals surface area contributed by atoms with Crippen LogP contribution in [0.5, 0.6) is 11.5 Å². The fraction of sp³-hybridized carbons (Fsp3) is 0.111. The molecular weight excluding hydrogens is 916 g/mol. The Bertz CT molecular complexity index is 3500. The Morgan fingerprint density at radius 1 is 0.433 bits per heavy atom. The van der Waals surface area contributed by atoms with E-state index in [1.54, 1.807) is 0 Å². The smallest absolute Gasteiger partial charge is 0.497 e. The maximum Gasteiger partial charge on any atom is 2.00 e. The third kappa shape index (κ3) is 5.71. The number of imidazole rings is 2. The van der Waals surface area contributed by atoms with Crippen LogP contribution in [0.15, 0.2) is 134 Å². The first-order chi connectivity index (χ1) is 28.7. The molecule has 0 aliphatic rings. The van der Waals surface area contributed by atoms with E-state index in [1.165, 1.54) is 55.6 Å². The average molecular weight is 956 g/mol. The third-order valence-corrected chi connectivity index (χ3v) is 12.2. The van der Waals surface area contributed by atoms with Gasteiger partial charge in [-0.2, -0.15) is 0 Å². The number of aryl methyl sites for hydroxylation is 6. The Hall–Kier alpha value is -6.55. The molecule has 0 spiro atoms. The number of pyridine rings is 2. The number of hydrogen-bond acceptors (Lipinski definition) is 3. The van der Waals surface area contributed by atoms with Crippen molar-refractivity contribution >= 4 is 54.6 Å². The van der Waals surface area contributed by atoms with Gasteiger partial charge in [-0.15, -0.1) is 12.1 Å². The minimum atomic E-state index is 0. The van der Waals surface area contributed by atoms with E-state index in [2.05, 4.69) is 172 Å². The molecule has 6 heteroatoms. The summed E-state index contributed by atoms with van der Waals surface area (Å²) in [4.78, 5) is 10.2. The van der Waals surface area contributed by atoms with Gasteiger partial charge in [0.1, 0.15) is 0 Å². The molecule has 0 aliphatic heterocycles. The summed E-state index contributed by atoms with van der Waals surface area (Å²) in [7, 11) is 0. The fourth-order valence-electron chi connectivity index (χ4n) is 9.59. The normalized spacial score (nSPS) is 11.7. The van der Waals surface area contributed by atoms with Crippen molar-refractivity contribution in [2.24, 2.45) is 0 Å². The average Bonchev–Trinajstić information content (AvgIpc) is 3.87. The van der Waals surface area contributed by atoms with Crippen molar-refractivity contribution in [1.82, 2.24) is 18.8 Å². The number of hydrogen-bond donors (Lipinski definition) is 0. The van der Waals surface area contributed by atoms with Crippen LogP contribution in [0.2, 0.25) is 0 Å². The summed E-state index contributed by atoms with van der Waals surface area (Å²) >= 11 is 0. The van der Waals surface area contributed by atoms with E-state index in [9.17, 15) is 0 Å². The van der Waals surface area contributed by atoms with Crippen LogP contribution in [0, 0.1) is 53.7 Å². The zero-order valence-corrected chi connectivity index (χ0v) is 36.5. The largest absolute Gasteiger partial charge is 2.00 e. The van der Waals surface area contributed by atoms with Crippen LogP contribution < -0.4 is 4.74 Å². The van der Waals surface area contributed by atoms with Gasteiger partial charge < -0.3 is 13.5 Å². The molecule has 0 atom stereocenters. The van der Waals surface area contributed by atoms with Crippen LogP contribution in [-0.2, 0) is 21.1 Å².